The average Bonchev–Trinajstić information content (AvgIpc) is 2.95. The molecule has 7 heteroatoms. The SMILES string of the molecule is COc1ccc(NC(=O)COc2ccc3c(=O)c(Oc4ccc(-c5ccccc5)cc4)coc3c2)cc1. The maximum absolute atomic E-state index is 12.9. The summed E-state index contributed by atoms with van der Waals surface area (Å²) in [6.07, 6.45) is 1.27. The maximum Gasteiger partial charge on any atom is 0.262 e. The highest BCUT2D eigenvalue weighted by molar-refractivity contribution is 5.92. The first-order valence-corrected chi connectivity index (χ1v) is 11.5. The van der Waals surface area contributed by atoms with Crippen LogP contribution >= 0.6 is 0 Å². The van der Waals surface area contributed by atoms with Gasteiger partial charge in [0.15, 0.2) is 6.61 Å². The summed E-state index contributed by atoms with van der Waals surface area (Å²) < 4.78 is 22.1. The van der Waals surface area contributed by atoms with E-state index in [0.29, 0.717) is 33.9 Å². The molecule has 0 radical (unpaired) electrons. The van der Waals surface area contributed by atoms with Crippen LogP contribution in [0.2, 0.25) is 0 Å². The van der Waals surface area contributed by atoms with Gasteiger partial charge in [0.2, 0.25) is 11.2 Å². The zero-order valence-electron chi connectivity index (χ0n) is 20.0. The first-order valence-electron chi connectivity index (χ1n) is 11.5. The van der Waals surface area contributed by atoms with E-state index in [1.807, 2.05) is 42.5 Å². The van der Waals surface area contributed by atoms with Gasteiger partial charge in [-0.25, -0.2) is 0 Å². The Kier molecular flexibility index (Phi) is 6.85. The molecule has 0 aliphatic carbocycles. The first kappa shape index (κ1) is 23.7. The van der Waals surface area contributed by atoms with Crippen LogP contribution in [-0.2, 0) is 4.79 Å². The largest absolute Gasteiger partial charge is 0.497 e. The highest BCUT2D eigenvalue weighted by atomic mass is 16.5. The molecule has 0 unspecified atom stereocenters. The van der Waals surface area contributed by atoms with Gasteiger partial charge in [-0.1, -0.05) is 42.5 Å². The quantitative estimate of drug-likeness (QED) is 0.274. The van der Waals surface area contributed by atoms with Crippen molar-refractivity contribution in [3.05, 3.63) is 114 Å². The molecule has 5 rings (SSSR count). The Balaban J connectivity index is 1.24. The van der Waals surface area contributed by atoms with E-state index in [4.69, 9.17) is 18.6 Å². The molecule has 0 spiro atoms. The summed E-state index contributed by atoms with van der Waals surface area (Å²) in [7, 11) is 1.58. The minimum atomic E-state index is -0.325. The van der Waals surface area contributed by atoms with Crippen LogP contribution in [0.5, 0.6) is 23.0 Å². The molecule has 37 heavy (non-hydrogen) atoms. The van der Waals surface area contributed by atoms with Gasteiger partial charge in [-0.15, -0.1) is 0 Å². The number of ether oxygens (including phenoxy) is 3. The second-order valence-electron chi connectivity index (χ2n) is 8.14. The van der Waals surface area contributed by atoms with Gasteiger partial charge in [0.05, 0.1) is 12.5 Å². The number of fused-ring (bicyclic) bond motifs is 1. The van der Waals surface area contributed by atoms with Crippen molar-refractivity contribution in [2.75, 3.05) is 19.0 Å². The number of hydrogen-bond donors (Lipinski definition) is 1. The Bertz CT molecular complexity index is 1580. The molecular formula is C30H23NO6. The lowest BCUT2D eigenvalue weighted by Gasteiger charge is -2.09. The van der Waals surface area contributed by atoms with E-state index in [-0.39, 0.29) is 23.7 Å². The standard InChI is InChI=1S/C30H23NO6/c1-34-23-13-9-22(10-14-23)31-29(32)19-35-25-15-16-26-27(17-25)36-18-28(30(26)33)37-24-11-7-21(8-12-24)20-5-3-2-4-6-20/h2-18H,19H2,1H3,(H,31,32). The number of hydrogen-bond acceptors (Lipinski definition) is 6. The molecule has 0 aliphatic rings. The van der Waals surface area contributed by atoms with Gasteiger partial charge in [-0.3, -0.25) is 9.59 Å². The van der Waals surface area contributed by atoms with Gasteiger partial charge >= 0.3 is 0 Å². The number of methoxy groups -OCH3 is 1. The Morgan fingerprint density at radius 3 is 2.22 bits per heavy atom. The van der Waals surface area contributed by atoms with E-state index >= 15 is 0 Å². The summed E-state index contributed by atoms with van der Waals surface area (Å²) in [5.74, 6) is 1.36. The molecule has 1 heterocycles. The fourth-order valence-corrected chi connectivity index (χ4v) is 3.74. The lowest BCUT2D eigenvalue weighted by atomic mass is 10.1. The van der Waals surface area contributed by atoms with Crippen LogP contribution in [0.3, 0.4) is 0 Å². The molecule has 0 fully saturated rings. The smallest absolute Gasteiger partial charge is 0.262 e. The van der Waals surface area contributed by atoms with Crippen molar-refractivity contribution < 1.29 is 23.4 Å². The van der Waals surface area contributed by atoms with Crippen molar-refractivity contribution in [1.82, 2.24) is 0 Å². The molecule has 0 bridgehead atoms. The third-order valence-corrected chi connectivity index (χ3v) is 5.65. The fourth-order valence-electron chi connectivity index (χ4n) is 3.74. The van der Waals surface area contributed by atoms with Crippen LogP contribution < -0.4 is 25.0 Å². The minimum Gasteiger partial charge on any atom is -0.497 e. The molecule has 5 aromatic rings. The van der Waals surface area contributed by atoms with Crippen molar-refractivity contribution in [1.29, 1.82) is 0 Å². The fraction of sp³-hybridized carbons (Fsp3) is 0.0667. The summed E-state index contributed by atoms with van der Waals surface area (Å²) >= 11 is 0. The van der Waals surface area contributed by atoms with Gasteiger partial charge in [0.1, 0.15) is 29.1 Å². The van der Waals surface area contributed by atoms with Gasteiger partial charge in [-0.05, 0) is 59.7 Å². The monoisotopic (exact) mass is 493 g/mol. The first-order chi connectivity index (χ1) is 18.1. The van der Waals surface area contributed by atoms with E-state index in [9.17, 15) is 9.59 Å². The molecule has 4 aromatic carbocycles. The second kappa shape index (κ2) is 10.7. The van der Waals surface area contributed by atoms with Crippen LogP contribution in [0, 0.1) is 0 Å². The number of carbonyl (C=O) groups excluding carboxylic acids is 1. The van der Waals surface area contributed by atoms with E-state index in [0.717, 1.165) is 11.1 Å². The number of rotatable bonds is 8. The summed E-state index contributed by atoms with van der Waals surface area (Å²) in [4.78, 5) is 25.2. The van der Waals surface area contributed by atoms with E-state index < -0.39 is 0 Å². The molecule has 0 saturated carbocycles. The molecule has 0 aliphatic heterocycles. The van der Waals surface area contributed by atoms with Gasteiger partial charge in [0, 0.05) is 11.8 Å². The number of anilines is 1. The van der Waals surface area contributed by atoms with Crippen molar-refractivity contribution in [3.8, 4) is 34.1 Å². The van der Waals surface area contributed by atoms with E-state index in [2.05, 4.69) is 5.32 Å². The lowest BCUT2D eigenvalue weighted by molar-refractivity contribution is -0.118. The molecule has 0 atom stereocenters. The van der Waals surface area contributed by atoms with Crippen LogP contribution in [0.15, 0.2) is 113 Å². The van der Waals surface area contributed by atoms with Crippen molar-refractivity contribution >= 4 is 22.6 Å². The Labute approximate surface area is 212 Å². The zero-order chi connectivity index (χ0) is 25.6. The normalized spacial score (nSPS) is 10.6. The number of benzene rings is 4. The molecule has 1 amide bonds. The highest BCUT2D eigenvalue weighted by Gasteiger charge is 2.12. The van der Waals surface area contributed by atoms with Crippen LogP contribution in [-0.4, -0.2) is 19.6 Å². The molecule has 1 aromatic heterocycles. The topological polar surface area (TPSA) is 87.0 Å². The molecule has 0 saturated heterocycles. The van der Waals surface area contributed by atoms with Crippen LogP contribution in [0.4, 0.5) is 5.69 Å². The molecule has 1 N–H and O–H groups in total. The van der Waals surface area contributed by atoms with E-state index in [1.54, 1.807) is 61.7 Å². The van der Waals surface area contributed by atoms with Crippen molar-refractivity contribution in [2.45, 2.75) is 0 Å². The second-order valence-corrected chi connectivity index (χ2v) is 8.14. The third-order valence-electron chi connectivity index (χ3n) is 5.65. The Morgan fingerprint density at radius 1 is 0.811 bits per heavy atom. The average molecular weight is 494 g/mol. The highest BCUT2D eigenvalue weighted by Crippen LogP contribution is 2.27. The Hall–Kier alpha value is -5.04. The van der Waals surface area contributed by atoms with Gasteiger partial charge in [-0.2, -0.15) is 0 Å². The van der Waals surface area contributed by atoms with Crippen LogP contribution in [0.1, 0.15) is 0 Å². The third kappa shape index (κ3) is 5.62. The van der Waals surface area contributed by atoms with Crippen LogP contribution in [0.25, 0.3) is 22.1 Å². The number of amides is 1. The maximum atomic E-state index is 12.9. The predicted octanol–water partition coefficient (Wildman–Crippen LogP) is 6.28. The summed E-state index contributed by atoms with van der Waals surface area (Å²) in [5, 5.41) is 3.08. The summed E-state index contributed by atoms with van der Waals surface area (Å²) in [5.41, 5.74) is 2.78. The molecule has 184 valence electrons. The molecule has 7 nitrogen and oxygen atoms in total. The number of carbonyl (C=O) groups is 1. The number of nitrogens with one attached hydrogen (secondary N) is 1. The summed E-state index contributed by atoms with van der Waals surface area (Å²) in [6.45, 7) is -0.206. The predicted molar refractivity (Wildman–Crippen MR) is 142 cm³/mol. The van der Waals surface area contributed by atoms with Gasteiger partial charge in [0.25, 0.3) is 5.91 Å². The van der Waals surface area contributed by atoms with Crippen molar-refractivity contribution in [3.63, 3.8) is 0 Å². The minimum absolute atomic E-state index is 0.0764. The Morgan fingerprint density at radius 2 is 1.49 bits per heavy atom. The lowest BCUT2D eigenvalue weighted by Crippen LogP contribution is -2.20. The molecular weight excluding hydrogens is 470 g/mol. The zero-order valence-corrected chi connectivity index (χ0v) is 20.0. The van der Waals surface area contributed by atoms with Gasteiger partial charge < -0.3 is 23.9 Å². The summed E-state index contributed by atoms with van der Waals surface area (Å²) in [6, 6.07) is 29.2. The van der Waals surface area contributed by atoms with Crippen molar-refractivity contribution in [2.24, 2.45) is 0 Å². The van der Waals surface area contributed by atoms with E-state index in [1.165, 1.54) is 6.26 Å².